The number of aliphatic carboxylic acids is 1. The van der Waals surface area contributed by atoms with E-state index < -0.39 is 36.8 Å². The van der Waals surface area contributed by atoms with E-state index >= 15 is 0 Å². The van der Waals surface area contributed by atoms with Crippen molar-refractivity contribution in [1.82, 2.24) is 4.90 Å². The Balaban J connectivity index is 2.92. The number of urea groups is 1. The molecule has 0 aliphatic carbocycles. The molecule has 3 N–H and O–H groups in total. The van der Waals surface area contributed by atoms with Gasteiger partial charge in [-0.3, -0.25) is 14.5 Å². The topological polar surface area (TPSA) is 104 Å². The van der Waals surface area contributed by atoms with Crippen LogP contribution in [0.15, 0.2) is 24.3 Å². The summed E-state index contributed by atoms with van der Waals surface area (Å²) in [4.78, 5) is 35.4. The third-order valence-electron chi connectivity index (χ3n) is 2.43. The number of carboxylic acid groups (broad SMARTS) is 1. The maximum atomic E-state index is 13.1. The number of carbonyl (C=O) groups is 3. The molecule has 3 amide bonds. The Labute approximate surface area is 114 Å². The van der Waals surface area contributed by atoms with Crippen LogP contribution in [0.2, 0.25) is 0 Å². The molecule has 1 aromatic carbocycles. The summed E-state index contributed by atoms with van der Waals surface area (Å²) < 4.78 is 13.1. The van der Waals surface area contributed by atoms with E-state index in [9.17, 15) is 18.8 Å². The van der Waals surface area contributed by atoms with Gasteiger partial charge in [-0.1, -0.05) is 6.07 Å². The van der Waals surface area contributed by atoms with Crippen LogP contribution in [-0.4, -0.2) is 48.1 Å². The Morgan fingerprint density at radius 2 is 1.95 bits per heavy atom. The Kier molecular flexibility index (Phi) is 5.01. The second-order valence-electron chi connectivity index (χ2n) is 4.04. The molecule has 0 spiro atoms. The molecule has 0 unspecified atom stereocenters. The van der Waals surface area contributed by atoms with Gasteiger partial charge in [-0.2, -0.15) is 0 Å². The lowest BCUT2D eigenvalue weighted by Crippen LogP contribution is -2.47. The molecule has 108 valence electrons. The highest BCUT2D eigenvalue weighted by Gasteiger charge is 2.23. The molecular weight excluding hydrogens is 269 g/mol. The van der Waals surface area contributed by atoms with Crippen LogP contribution in [0.4, 0.5) is 14.9 Å². The van der Waals surface area contributed by atoms with Crippen molar-refractivity contribution in [3.8, 4) is 0 Å². The molecule has 0 saturated carbocycles. The summed E-state index contributed by atoms with van der Waals surface area (Å²) >= 11 is 0. The van der Waals surface area contributed by atoms with Crippen LogP contribution in [0.3, 0.4) is 0 Å². The lowest BCUT2D eigenvalue weighted by Gasteiger charge is -2.26. The van der Waals surface area contributed by atoms with Crippen molar-refractivity contribution in [1.29, 1.82) is 0 Å². The molecule has 1 rings (SSSR count). The van der Waals surface area contributed by atoms with E-state index in [1.807, 2.05) is 0 Å². The second-order valence-corrected chi connectivity index (χ2v) is 4.04. The number of carbonyl (C=O) groups excluding carboxylic acids is 2. The highest BCUT2D eigenvalue weighted by atomic mass is 19.1. The summed E-state index contributed by atoms with van der Waals surface area (Å²) in [6.07, 6.45) is 0. The first-order valence-electron chi connectivity index (χ1n) is 5.59. The van der Waals surface area contributed by atoms with Gasteiger partial charge in [-0.05, 0) is 18.2 Å². The fourth-order valence-corrected chi connectivity index (χ4v) is 1.55. The molecule has 8 heteroatoms. The quantitative estimate of drug-likeness (QED) is 0.808. The number of anilines is 1. The lowest BCUT2D eigenvalue weighted by molar-refractivity contribution is -0.137. The molecule has 0 aliphatic rings. The number of nitrogens with two attached hydrogens (primary N) is 1. The van der Waals surface area contributed by atoms with Gasteiger partial charge in [0.1, 0.15) is 18.9 Å². The Hall–Kier alpha value is -2.64. The van der Waals surface area contributed by atoms with Crippen molar-refractivity contribution in [2.45, 2.75) is 0 Å². The number of hydrogen-bond acceptors (Lipinski definition) is 3. The average Bonchev–Trinajstić information content (AvgIpc) is 2.35. The maximum absolute atomic E-state index is 13.1. The standard InChI is InChI=1S/C12H14FN3O4/c1-15(9-4-2-3-8(13)5-9)12(20)16(6-10(14)17)7-11(18)19/h2-5H,6-7H2,1H3,(H2,14,17)(H,18,19). The number of carboxylic acids is 1. The van der Waals surface area contributed by atoms with Crippen LogP contribution >= 0.6 is 0 Å². The van der Waals surface area contributed by atoms with E-state index in [-0.39, 0.29) is 5.69 Å². The molecule has 0 atom stereocenters. The number of benzene rings is 1. The summed E-state index contributed by atoms with van der Waals surface area (Å²) in [5.74, 6) is -2.67. The van der Waals surface area contributed by atoms with Gasteiger partial charge in [0.05, 0.1) is 0 Å². The molecule has 0 fully saturated rings. The van der Waals surface area contributed by atoms with Crippen LogP contribution in [0.25, 0.3) is 0 Å². The number of rotatable bonds is 5. The summed E-state index contributed by atoms with van der Waals surface area (Å²) in [6, 6.07) is 4.44. The van der Waals surface area contributed by atoms with E-state index in [2.05, 4.69) is 0 Å². The Bertz CT molecular complexity index is 519. The first kappa shape index (κ1) is 15.4. The third-order valence-corrected chi connectivity index (χ3v) is 2.43. The van der Waals surface area contributed by atoms with Gasteiger partial charge < -0.3 is 15.7 Å². The molecule has 0 bridgehead atoms. The van der Waals surface area contributed by atoms with Crippen molar-refractivity contribution in [2.75, 3.05) is 25.0 Å². The fourth-order valence-electron chi connectivity index (χ4n) is 1.55. The predicted octanol–water partition coefficient (Wildman–Crippen LogP) is 0.254. The smallest absolute Gasteiger partial charge is 0.325 e. The lowest BCUT2D eigenvalue weighted by atomic mass is 10.3. The molecular formula is C12H14FN3O4. The van der Waals surface area contributed by atoms with Crippen molar-refractivity contribution in [3.63, 3.8) is 0 Å². The van der Waals surface area contributed by atoms with Crippen LogP contribution in [-0.2, 0) is 9.59 Å². The first-order valence-corrected chi connectivity index (χ1v) is 5.59. The number of amides is 3. The van der Waals surface area contributed by atoms with Gasteiger partial charge in [0.2, 0.25) is 5.91 Å². The minimum atomic E-state index is -1.28. The van der Waals surface area contributed by atoms with E-state index in [1.54, 1.807) is 0 Å². The zero-order chi connectivity index (χ0) is 15.3. The Morgan fingerprint density at radius 1 is 1.30 bits per heavy atom. The minimum Gasteiger partial charge on any atom is -0.480 e. The summed E-state index contributed by atoms with van der Waals surface area (Å²) in [5.41, 5.74) is 5.20. The fraction of sp³-hybridized carbons (Fsp3) is 0.250. The van der Waals surface area contributed by atoms with Gasteiger partial charge in [0, 0.05) is 12.7 Å². The monoisotopic (exact) mass is 283 g/mol. The largest absolute Gasteiger partial charge is 0.480 e. The minimum absolute atomic E-state index is 0.231. The molecule has 20 heavy (non-hydrogen) atoms. The third kappa shape index (κ3) is 4.23. The van der Waals surface area contributed by atoms with E-state index in [4.69, 9.17) is 10.8 Å². The summed E-state index contributed by atoms with van der Waals surface area (Å²) in [5, 5.41) is 8.72. The van der Waals surface area contributed by atoms with Crippen LogP contribution in [0, 0.1) is 5.82 Å². The van der Waals surface area contributed by atoms with Gasteiger partial charge in [0.15, 0.2) is 0 Å². The maximum Gasteiger partial charge on any atom is 0.325 e. The number of halogens is 1. The number of hydrogen-bond donors (Lipinski definition) is 2. The van der Waals surface area contributed by atoms with Crippen molar-refractivity contribution in [2.24, 2.45) is 5.73 Å². The van der Waals surface area contributed by atoms with Crippen LogP contribution in [0.1, 0.15) is 0 Å². The second kappa shape index (κ2) is 6.50. The zero-order valence-electron chi connectivity index (χ0n) is 10.7. The van der Waals surface area contributed by atoms with Crippen molar-refractivity contribution < 1.29 is 23.9 Å². The predicted molar refractivity (Wildman–Crippen MR) is 68.6 cm³/mol. The van der Waals surface area contributed by atoms with Crippen LogP contribution in [0.5, 0.6) is 0 Å². The van der Waals surface area contributed by atoms with Gasteiger partial charge in [0.25, 0.3) is 0 Å². The summed E-state index contributed by atoms with van der Waals surface area (Å²) in [6.45, 7) is -1.22. The van der Waals surface area contributed by atoms with Crippen molar-refractivity contribution in [3.05, 3.63) is 30.1 Å². The molecule has 0 aliphatic heterocycles. The zero-order valence-corrected chi connectivity index (χ0v) is 10.7. The van der Waals surface area contributed by atoms with E-state index in [1.165, 1.54) is 25.2 Å². The van der Waals surface area contributed by atoms with Crippen molar-refractivity contribution >= 4 is 23.6 Å². The number of nitrogens with zero attached hydrogens (tertiary/aromatic N) is 2. The van der Waals surface area contributed by atoms with Gasteiger partial charge in [-0.15, -0.1) is 0 Å². The van der Waals surface area contributed by atoms with E-state index in [0.717, 1.165) is 15.9 Å². The van der Waals surface area contributed by atoms with Gasteiger partial charge >= 0.3 is 12.0 Å². The molecule has 1 aromatic rings. The number of primary amides is 1. The molecule has 0 aromatic heterocycles. The summed E-state index contributed by atoms with van der Waals surface area (Å²) in [7, 11) is 1.34. The highest BCUT2D eigenvalue weighted by Crippen LogP contribution is 2.15. The SMILES string of the molecule is CN(C(=O)N(CC(N)=O)CC(=O)O)c1cccc(F)c1. The molecule has 0 heterocycles. The molecule has 0 saturated heterocycles. The molecule has 7 nitrogen and oxygen atoms in total. The first-order chi connectivity index (χ1) is 9.31. The van der Waals surface area contributed by atoms with Gasteiger partial charge in [-0.25, -0.2) is 9.18 Å². The normalized spacial score (nSPS) is 9.90. The highest BCUT2D eigenvalue weighted by molar-refractivity contribution is 5.95. The van der Waals surface area contributed by atoms with Crippen LogP contribution < -0.4 is 10.6 Å². The van der Waals surface area contributed by atoms with E-state index in [0.29, 0.717) is 0 Å². The molecule has 0 radical (unpaired) electrons. The Morgan fingerprint density at radius 3 is 2.45 bits per heavy atom. The average molecular weight is 283 g/mol.